The van der Waals surface area contributed by atoms with Crippen LogP contribution in [0.1, 0.15) is 25.0 Å². The van der Waals surface area contributed by atoms with E-state index in [9.17, 15) is 9.59 Å². The van der Waals surface area contributed by atoms with Crippen molar-refractivity contribution in [1.29, 1.82) is 0 Å². The van der Waals surface area contributed by atoms with Crippen molar-refractivity contribution < 1.29 is 9.59 Å². The lowest BCUT2D eigenvalue weighted by Crippen LogP contribution is -2.22. The van der Waals surface area contributed by atoms with Gasteiger partial charge in [0, 0.05) is 41.2 Å². The van der Waals surface area contributed by atoms with Gasteiger partial charge in [-0.3, -0.25) is 9.59 Å². The highest BCUT2D eigenvalue weighted by Gasteiger charge is 2.06. The molecule has 4 nitrogen and oxygen atoms in total. The van der Waals surface area contributed by atoms with Crippen LogP contribution in [-0.2, 0) is 9.59 Å². The highest BCUT2D eigenvalue weighted by molar-refractivity contribution is 14.1. The lowest BCUT2D eigenvalue weighted by Gasteiger charge is -2.15. The molecule has 2 aromatic rings. The number of aryl methyl sites for hydroxylation is 2. The van der Waals surface area contributed by atoms with E-state index in [1.807, 2.05) is 55.2 Å². The Labute approximate surface area is 192 Å². The van der Waals surface area contributed by atoms with Gasteiger partial charge in [-0.15, -0.1) is 0 Å². The van der Waals surface area contributed by atoms with E-state index in [1.54, 1.807) is 18.9 Å². The average molecular weight is 612 g/mol. The molecule has 0 aromatic heterocycles. The van der Waals surface area contributed by atoms with E-state index in [1.165, 1.54) is 12.5 Å². The predicted molar refractivity (Wildman–Crippen MR) is 131 cm³/mol. The molecule has 0 atom stereocenters. The van der Waals surface area contributed by atoms with Gasteiger partial charge in [0.05, 0.1) is 0 Å². The van der Waals surface area contributed by atoms with Crippen LogP contribution in [0, 0.1) is 13.8 Å². The molecule has 2 amide bonds. The second-order valence-corrected chi connectivity index (χ2v) is 7.37. The summed E-state index contributed by atoms with van der Waals surface area (Å²) in [6.07, 6.45) is 0. The van der Waals surface area contributed by atoms with Gasteiger partial charge in [-0.05, 0) is 54.2 Å². The summed E-state index contributed by atoms with van der Waals surface area (Å²) >= 11 is 8.96. The fourth-order valence-electron chi connectivity index (χ4n) is 1.85. The van der Waals surface area contributed by atoms with Gasteiger partial charge in [0.1, 0.15) is 0 Å². The molecule has 27 heavy (non-hydrogen) atoms. The lowest BCUT2D eigenvalue weighted by atomic mass is 10.2. The van der Waals surface area contributed by atoms with Crippen LogP contribution in [0.2, 0.25) is 0 Å². The maximum absolute atomic E-state index is 11.1. The van der Waals surface area contributed by atoms with Gasteiger partial charge in [-0.25, -0.2) is 0 Å². The van der Waals surface area contributed by atoms with Crippen LogP contribution in [0.25, 0.3) is 0 Å². The molecule has 0 saturated carbocycles. The molecule has 0 heterocycles. The lowest BCUT2D eigenvalue weighted by molar-refractivity contribution is -0.116. The molecule has 0 aliphatic carbocycles. The number of carbonyl (C=O) groups excluding carboxylic acids is 2. The predicted octanol–water partition coefficient (Wildman–Crippen LogP) is 6.51. The second kappa shape index (κ2) is 13.3. The third-order valence-corrected chi connectivity index (χ3v) is 5.22. The molecule has 0 unspecified atom stereocenters. The van der Waals surface area contributed by atoms with Crippen LogP contribution in [0.5, 0.6) is 0 Å². The largest absolute Gasteiger partial charge is 0.326 e. The van der Waals surface area contributed by atoms with Crippen molar-refractivity contribution in [3.63, 3.8) is 0 Å². The molecule has 0 fully saturated rings. The number of nitrogens with zero attached hydrogens (tertiary/aromatic N) is 1. The van der Waals surface area contributed by atoms with Crippen LogP contribution in [0.3, 0.4) is 0 Å². The third-order valence-electron chi connectivity index (χ3n) is 3.51. The summed E-state index contributed by atoms with van der Waals surface area (Å²) < 4.78 is 2.03. The first-order valence-corrected chi connectivity index (χ1v) is 11.8. The second-order valence-electron chi connectivity index (χ2n) is 5.66. The van der Waals surface area contributed by atoms with Crippen molar-refractivity contribution in [2.45, 2.75) is 27.7 Å². The van der Waals surface area contributed by atoms with Gasteiger partial charge in [0.2, 0.25) is 11.8 Å². The Kier molecular flexibility index (Phi) is 12.8. The maximum Gasteiger partial charge on any atom is 0.223 e. The van der Waals surface area contributed by atoms with Crippen LogP contribution in [0.15, 0.2) is 45.3 Å². The number of amides is 2. The Morgan fingerprint density at radius 3 is 1.81 bits per heavy atom. The van der Waals surface area contributed by atoms with Gasteiger partial charge < -0.3 is 10.2 Å². The van der Waals surface area contributed by atoms with Crippen molar-refractivity contribution in [3.8, 4) is 0 Å². The standard InChI is InChI=1S/C10H12BrNO.C9H10BrNO.CH3I/c1-7-4-5-9(6-10(7)11)12(3)8(2)13;1-6-3-4-8(5-9(6)10)11-7(2)12;1-2/h4-6H,1-3H3;3-5H,1-2H3,(H,11,12);1H3. The fraction of sp³-hybridized carbons (Fsp3) is 0.300. The van der Waals surface area contributed by atoms with Crippen molar-refractivity contribution in [3.05, 3.63) is 56.5 Å². The monoisotopic (exact) mass is 610 g/mol. The van der Waals surface area contributed by atoms with E-state index in [-0.39, 0.29) is 11.8 Å². The summed E-state index contributed by atoms with van der Waals surface area (Å²) in [5.74, 6) is -0.0125. The summed E-state index contributed by atoms with van der Waals surface area (Å²) in [6, 6.07) is 11.6. The molecule has 7 heteroatoms. The molecule has 0 aliphatic heterocycles. The van der Waals surface area contributed by atoms with E-state index in [4.69, 9.17) is 0 Å². The van der Waals surface area contributed by atoms with E-state index < -0.39 is 0 Å². The van der Waals surface area contributed by atoms with Crippen molar-refractivity contribution >= 4 is 77.6 Å². The Morgan fingerprint density at radius 2 is 1.41 bits per heavy atom. The molecule has 2 rings (SSSR count). The van der Waals surface area contributed by atoms with Crippen LogP contribution < -0.4 is 10.2 Å². The van der Waals surface area contributed by atoms with E-state index >= 15 is 0 Å². The molecular formula is C20H25Br2IN2O2. The van der Waals surface area contributed by atoms with Crippen molar-refractivity contribution in [2.75, 3.05) is 22.2 Å². The molecule has 0 saturated heterocycles. The molecular weight excluding hydrogens is 587 g/mol. The molecule has 0 radical (unpaired) electrons. The minimum atomic E-state index is -0.0502. The number of hydrogen-bond donors (Lipinski definition) is 1. The Bertz CT molecular complexity index is 783. The molecule has 148 valence electrons. The van der Waals surface area contributed by atoms with Crippen LogP contribution in [0.4, 0.5) is 11.4 Å². The average Bonchev–Trinajstić information content (AvgIpc) is 2.61. The molecule has 0 bridgehead atoms. The highest BCUT2D eigenvalue weighted by atomic mass is 127. The van der Waals surface area contributed by atoms with Crippen molar-refractivity contribution in [2.24, 2.45) is 0 Å². The van der Waals surface area contributed by atoms with Crippen LogP contribution >= 0.6 is 54.5 Å². The Hall–Kier alpha value is -0.930. The normalized spacial score (nSPS) is 9.22. The topological polar surface area (TPSA) is 49.4 Å². The fourth-order valence-corrected chi connectivity index (χ4v) is 2.59. The number of nitrogens with one attached hydrogen (secondary N) is 1. The molecule has 2 aromatic carbocycles. The summed E-state index contributed by atoms with van der Waals surface area (Å²) in [7, 11) is 1.76. The molecule has 0 aliphatic rings. The van der Waals surface area contributed by atoms with Crippen LogP contribution in [-0.4, -0.2) is 23.8 Å². The first-order valence-electron chi connectivity index (χ1n) is 8.03. The third kappa shape index (κ3) is 9.71. The summed E-state index contributed by atoms with van der Waals surface area (Å²) in [4.78, 5) is 25.3. The maximum atomic E-state index is 11.1. The number of hydrogen-bond acceptors (Lipinski definition) is 2. The number of rotatable bonds is 2. The van der Waals surface area contributed by atoms with Gasteiger partial charge >= 0.3 is 0 Å². The highest BCUT2D eigenvalue weighted by Crippen LogP contribution is 2.23. The van der Waals surface area contributed by atoms with E-state index in [0.29, 0.717) is 0 Å². The van der Waals surface area contributed by atoms with Gasteiger partial charge in [-0.2, -0.15) is 0 Å². The summed E-state index contributed by atoms with van der Waals surface area (Å²) in [5, 5.41) is 2.70. The van der Waals surface area contributed by atoms with Gasteiger partial charge in [0.15, 0.2) is 0 Å². The summed E-state index contributed by atoms with van der Waals surface area (Å²) in [5.41, 5.74) is 4.05. The first kappa shape index (κ1) is 26.1. The number of carbonyl (C=O) groups is 2. The number of anilines is 2. The zero-order chi connectivity index (χ0) is 21.1. The molecule has 1 N–H and O–H groups in total. The minimum absolute atomic E-state index is 0.0377. The number of benzene rings is 2. The first-order chi connectivity index (χ1) is 12.6. The van der Waals surface area contributed by atoms with E-state index in [0.717, 1.165) is 25.9 Å². The Balaban J connectivity index is 0.000000460. The Morgan fingerprint density at radius 1 is 0.926 bits per heavy atom. The molecule has 0 spiro atoms. The number of alkyl halides is 1. The smallest absolute Gasteiger partial charge is 0.223 e. The van der Waals surface area contributed by atoms with Crippen molar-refractivity contribution in [1.82, 2.24) is 0 Å². The zero-order valence-electron chi connectivity index (χ0n) is 16.4. The minimum Gasteiger partial charge on any atom is -0.326 e. The van der Waals surface area contributed by atoms with Gasteiger partial charge in [0.25, 0.3) is 0 Å². The van der Waals surface area contributed by atoms with Gasteiger partial charge in [-0.1, -0.05) is 66.6 Å². The SMILES string of the molecule is CC(=O)N(C)c1ccc(C)c(Br)c1.CC(=O)Nc1ccc(C)c(Br)c1.CI. The van der Waals surface area contributed by atoms with E-state index in [2.05, 4.69) is 59.8 Å². The zero-order valence-corrected chi connectivity index (χ0v) is 21.7. The summed E-state index contributed by atoms with van der Waals surface area (Å²) in [6.45, 7) is 7.06. The quantitative estimate of drug-likeness (QED) is 0.311. The number of halogens is 3.